The Labute approximate surface area is 127 Å². The Bertz CT molecular complexity index is 659. The van der Waals surface area contributed by atoms with E-state index < -0.39 is 5.97 Å². The fraction of sp³-hybridized carbons (Fsp3) is 0.267. The van der Waals surface area contributed by atoms with Crippen LogP contribution in [0.4, 0.5) is 0 Å². The number of hydrogen-bond donors (Lipinski definition) is 1. The number of carboxylic acid groups (broad SMARTS) is 1. The monoisotopic (exact) mass is 306 g/mol. The number of halogens is 1. The Balaban J connectivity index is 2.24. The molecule has 2 rings (SSSR count). The molecule has 0 atom stereocenters. The smallest absolute Gasteiger partial charge is 0.358 e. The van der Waals surface area contributed by atoms with Crippen molar-refractivity contribution in [2.45, 2.75) is 26.4 Å². The molecule has 0 saturated heterocycles. The van der Waals surface area contributed by atoms with E-state index in [4.69, 9.17) is 16.3 Å². The van der Waals surface area contributed by atoms with Crippen LogP contribution < -0.4 is 4.74 Å². The van der Waals surface area contributed by atoms with Gasteiger partial charge in [-0.3, -0.25) is 0 Å². The van der Waals surface area contributed by atoms with Gasteiger partial charge in [-0.05, 0) is 6.07 Å². The summed E-state index contributed by atoms with van der Waals surface area (Å²) in [4.78, 5) is 19.4. The van der Waals surface area contributed by atoms with E-state index in [1.807, 2.05) is 32.0 Å². The van der Waals surface area contributed by atoms with Crippen molar-refractivity contribution in [2.24, 2.45) is 0 Å². The molecule has 0 aliphatic carbocycles. The van der Waals surface area contributed by atoms with Gasteiger partial charge in [0.15, 0.2) is 11.4 Å². The van der Waals surface area contributed by atoms with Gasteiger partial charge in [-0.25, -0.2) is 14.8 Å². The molecule has 1 aromatic heterocycles. The number of aromatic carboxylic acids is 1. The van der Waals surface area contributed by atoms with Crippen molar-refractivity contribution in [3.63, 3.8) is 0 Å². The normalized spacial score (nSPS) is 10.7. The zero-order valence-electron chi connectivity index (χ0n) is 11.7. The van der Waals surface area contributed by atoms with Crippen LogP contribution in [-0.4, -0.2) is 21.0 Å². The first-order valence-electron chi connectivity index (χ1n) is 6.45. The number of hydrogen-bond acceptors (Lipinski definition) is 4. The largest absolute Gasteiger partial charge is 0.485 e. The molecular weight excluding hydrogens is 292 g/mol. The van der Waals surface area contributed by atoms with Gasteiger partial charge < -0.3 is 9.84 Å². The first-order chi connectivity index (χ1) is 9.99. The minimum Gasteiger partial charge on any atom is -0.485 e. The van der Waals surface area contributed by atoms with E-state index in [2.05, 4.69) is 9.97 Å². The Hall–Kier alpha value is -2.14. The van der Waals surface area contributed by atoms with Crippen molar-refractivity contribution in [3.05, 3.63) is 52.6 Å². The topological polar surface area (TPSA) is 72.3 Å². The lowest BCUT2D eigenvalue weighted by molar-refractivity contribution is 0.0684. The molecule has 0 spiro atoms. The number of aromatic nitrogens is 2. The second kappa shape index (κ2) is 6.54. The second-order valence-corrected chi connectivity index (χ2v) is 5.19. The van der Waals surface area contributed by atoms with Gasteiger partial charge in [0.25, 0.3) is 0 Å². The third kappa shape index (κ3) is 3.70. The zero-order valence-corrected chi connectivity index (χ0v) is 12.5. The number of benzene rings is 1. The number of rotatable bonds is 5. The van der Waals surface area contributed by atoms with Gasteiger partial charge in [0.1, 0.15) is 12.4 Å². The SMILES string of the molecule is CC(C)c1ncc(OCc2ccccc2Cl)c(C(=O)O)n1. The number of ether oxygens (including phenoxy) is 1. The highest BCUT2D eigenvalue weighted by atomic mass is 35.5. The van der Waals surface area contributed by atoms with Crippen LogP contribution in [0.5, 0.6) is 5.75 Å². The lowest BCUT2D eigenvalue weighted by Crippen LogP contribution is -2.10. The van der Waals surface area contributed by atoms with Crippen LogP contribution in [-0.2, 0) is 6.61 Å². The summed E-state index contributed by atoms with van der Waals surface area (Å²) in [5.41, 5.74) is 0.629. The number of carboxylic acids is 1. The Morgan fingerprint density at radius 2 is 2.10 bits per heavy atom. The molecule has 21 heavy (non-hydrogen) atoms. The molecule has 0 unspecified atom stereocenters. The molecule has 1 aromatic carbocycles. The molecule has 0 amide bonds. The summed E-state index contributed by atoms with van der Waals surface area (Å²) in [6.45, 7) is 3.95. The van der Waals surface area contributed by atoms with Gasteiger partial charge in [-0.1, -0.05) is 43.6 Å². The molecule has 0 aliphatic rings. The lowest BCUT2D eigenvalue weighted by Gasteiger charge is -2.11. The van der Waals surface area contributed by atoms with E-state index in [1.54, 1.807) is 6.07 Å². The quantitative estimate of drug-likeness (QED) is 0.915. The van der Waals surface area contributed by atoms with Crippen LogP contribution in [0.25, 0.3) is 0 Å². The summed E-state index contributed by atoms with van der Waals surface area (Å²) in [7, 11) is 0. The van der Waals surface area contributed by atoms with E-state index in [0.717, 1.165) is 5.56 Å². The van der Waals surface area contributed by atoms with Crippen LogP contribution in [0.2, 0.25) is 5.02 Å². The predicted octanol–water partition coefficient (Wildman–Crippen LogP) is 3.53. The van der Waals surface area contributed by atoms with Crippen LogP contribution in [0.1, 0.15) is 41.6 Å². The number of carbonyl (C=O) groups is 1. The van der Waals surface area contributed by atoms with Crippen LogP contribution in [0.15, 0.2) is 30.5 Å². The maximum absolute atomic E-state index is 11.3. The molecule has 0 saturated carbocycles. The molecule has 0 aliphatic heterocycles. The first-order valence-corrected chi connectivity index (χ1v) is 6.83. The molecule has 5 nitrogen and oxygen atoms in total. The van der Waals surface area contributed by atoms with Gasteiger partial charge in [0, 0.05) is 16.5 Å². The third-order valence-corrected chi connectivity index (χ3v) is 3.20. The first kappa shape index (κ1) is 15.3. The predicted molar refractivity (Wildman–Crippen MR) is 78.9 cm³/mol. The molecule has 6 heteroatoms. The molecule has 0 fully saturated rings. The van der Waals surface area contributed by atoms with Crippen LogP contribution in [0.3, 0.4) is 0 Å². The van der Waals surface area contributed by atoms with Crippen molar-refractivity contribution < 1.29 is 14.6 Å². The van der Waals surface area contributed by atoms with Crippen molar-refractivity contribution in [3.8, 4) is 5.75 Å². The second-order valence-electron chi connectivity index (χ2n) is 4.78. The van der Waals surface area contributed by atoms with Crippen LogP contribution >= 0.6 is 11.6 Å². The maximum Gasteiger partial charge on any atom is 0.358 e. The molecule has 1 heterocycles. The van der Waals surface area contributed by atoms with E-state index in [-0.39, 0.29) is 24.0 Å². The highest BCUT2D eigenvalue weighted by Gasteiger charge is 2.17. The summed E-state index contributed by atoms with van der Waals surface area (Å²) < 4.78 is 5.51. The molecule has 0 radical (unpaired) electrons. The van der Waals surface area contributed by atoms with E-state index >= 15 is 0 Å². The summed E-state index contributed by atoms with van der Waals surface area (Å²) in [6, 6.07) is 7.21. The van der Waals surface area contributed by atoms with E-state index in [9.17, 15) is 9.90 Å². The zero-order chi connectivity index (χ0) is 15.4. The van der Waals surface area contributed by atoms with Gasteiger partial charge in [-0.2, -0.15) is 0 Å². The summed E-state index contributed by atoms with van der Waals surface area (Å²) in [5, 5.41) is 9.79. The highest BCUT2D eigenvalue weighted by molar-refractivity contribution is 6.31. The molecule has 1 N–H and O–H groups in total. The number of nitrogens with zero attached hydrogens (tertiary/aromatic N) is 2. The molecule has 110 valence electrons. The Morgan fingerprint density at radius 1 is 1.38 bits per heavy atom. The van der Waals surface area contributed by atoms with Crippen molar-refractivity contribution >= 4 is 17.6 Å². The average molecular weight is 307 g/mol. The minimum absolute atomic E-state index is 0.0423. The minimum atomic E-state index is -1.14. The molecular formula is C15H15ClN2O3. The molecule has 0 bridgehead atoms. The van der Waals surface area contributed by atoms with E-state index in [0.29, 0.717) is 10.8 Å². The van der Waals surface area contributed by atoms with Crippen molar-refractivity contribution in [1.29, 1.82) is 0 Å². The third-order valence-electron chi connectivity index (χ3n) is 2.83. The van der Waals surface area contributed by atoms with Gasteiger partial charge >= 0.3 is 5.97 Å². The van der Waals surface area contributed by atoms with Crippen molar-refractivity contribution in [2.75, 3.05) is 0 Å². The highest BCUT2D eigenvalue weighted by Crippen LogP contribution is 2.22. The fourth-order valence-electron chi connectivity index (χ4n) is 1.69. The Kier molecular flexibility index (Phi) is 4.75. The molecule has 2 aromatic rings. The summed E-state index contributed by atoms with van der Waals surface area (Å²) in [6.07, 6.45) is 1.39. The Morgan fingerprint density at radius 3 is 2.71 bits per heavy atom. The van der Waals surface area contributed by atoms with Gasteiger partial charge in [0.05, 0.1) is 6.20 Å². The average Bonchev–Trinajstić information content (AvgIpc) is 2.46. The van der Waals surface area contributed by atoms with Crippen molar-refractivity contribution in [1.82, 2.24) is 9.97 Å². The van der Waals surface area contributed by atoms with Gasteiger partial charge in [-0.15, -0.1) is 0 Å². The van der Waals surface area contributed by atoms with E-state index in [1.165, 1.54) is 6.20 Å². The maximum atomic E-state index is 11.3. The summed E-state index contributed by atoms with van der Waals surface area (Å²) in [5.74, 6) is -0.501. The standard InChI is InChI=1S/C15H15ClN2O3/c1-9(2)14-17-7-12(13(18-14)15(19)20)21-8-10-5-3-4-6-11(10)16/h3-7,9H,8H2,1-2H3,(H,19,20). The van der Waals surface area contributed by atoms with Crippen LogP contribution in [0, 0.1) is 0 Å². The lowest BCUT2D eigenvalue weighted by atomic mass is 10.2. The van der Waals surface area contributed by atoms with Gasteiger partial charge in [0.2, 0.25) is 0 Å². The summed E-state index contributed by atoms with van der Waals surface area (Å²) >= 11 is 6.03. The fourth-order valence-corrected chi connectivity index (χ4v) is 1.88.